The van der Waals surface area contributed by atoms with Crippen molar-refractivity contribution in [3.8, 4) is 11.5 Å². The molecule has 0 aliphatic heterocycles. The number of methoxy groups -OCH3 is 2. The number of Topliss-reactive ketones (excluding diaryl/α,β-unsaturated/α-hetero) is 1. The largest absolute Gasteiger partial charge is 1.00 e. The van der Waals surface area contributed by atoms with Crippen LogP contribution in [0, 0.1) is 11.3 Å². The first-order chi connectivity index (χ1) is 9.82. The fraction of sp³-hybridized carbons (Fsp3) is 0.588. The SMILES string of the molecule is COc1ccc(C(=O)CC(C)(C)CC(C)CP)c(OC)c1.[H-].[Li+]. The number of hydrogen-bond acceptors (Lipinski definition) is 3. The third-order valence-corrected chi connectivity index (χ3v) is 4.46. The summed E-state index contributed by atoms with van der Waals surface area (Å²) < 4.78 is 10.5. The summed E-state index contributed by atoms with van der Waals surface area (Å²) in [6.07, 6.45) is 2.61. The number of rotatable bonds is 8. The molecule has 3 nitrogen and oxygen atoms in total. The van der Waals surface area contributed by atoms with Crippen molar-refractivity contribution in [2.24, 2.45) is 11.3 Å². The van der Waals surface area contributed by atoms with Crippen molar-refractivity contribution in [2.75, 3.05) is 20.4 Å². The predicted molar refractivity (Wildman–Crippen MR) is 91.7 cm³/mol. The van der Waals surface area contributed by atoms with Crippen LogP contribution in [0.25, 0.3) is 0 Å². The second kappa shape index (κ2) is 9.61. The van der Waals surface area contributed by atoms with E-state index in [1.54, 1.807) is 32.4 Å². The zero-order chi connectivity index (χ0) is 16.0. The Morgan fingerprint density at radius 1 is 1.32 bits per heavy atom. The van der Waals surface area contributed by atoms with Crippen molar-refractivity contribution in [3.05, 3.63) is 23.8 Å². The second-order valence-electron chi connectivity index (χ2n) is 6.38. The molecule has 0 amide bonds. The quantitative estimate of drug-likeness (QED) is 0.412. The van der Waals surface area contributed by atoms with Crippen LogP contribution in [0.1, 0.15) is 45.4 Å². The van der Waals surface area contributed by atoms with E-state index in [9.17, 15) is 4.79 Å². The average Bonchev–Trinajstić information content (AvgIpc) is 2.45. The standard InChI is InChI=1S/C17H27O3P.Li.H/c1-12(11-21)9-17(2,3)10-15(18)14-7-6-13(19-4)8-16(14)20-5;;/h6-8,12H,9-11,21H2,1-5H3;;/q;+1;-1. The van der Waals surface area contributed by atoms with E-state index in [1.807, 2.05) is 0 Å². The van der Waals surface area contributed by atoms with Crippen LogP contribution in [-0.4, -0.2) is 26.2 Å². The summed E-state index contributed by atoms with van der Waals surface area (Å²) >= 11 is 0. The van der Waals surface area contributed by atoms with Crippen molar-refractivity contribution in [2.45, 2.75) is 33.6 Å². The Morgan fingerprint density at radius 2 is 1.95 bits per heavy atom. The fourth-order valence-corrected chi connectivity index (χ4v) is 2.82. The van der Waals surface area contributed by atoms with Crippen LogP contribution >= 0.6 is 9.24 Å². The average molecular weight is 318 g/mol. The van der Waals surface area contributed by atoms with Crippen LogP contribution in [0.4, 0.5) is 0 Å². The minimum Gasteiger partial charge on any atom is -1.00 e. The molecule has 0 heterocycles. The number of carbonyl (C=O) groups is 1. The minimum absolute atomic E-state index is 0. The molecule has 1 aromatic rings. The van der Waals surface area contributed by atoms with E-state index < -0.39 is 0 Å². The Hall–Kier alpha value is -0.483. The zero-order valence-electron chi connectivity index (χ0n) is 15.7. The molecule has 0 N–H and O–H groups in total. The summed E-state index contributed by atoms with van der Waals surface area (Å²) in [5.41, 5.74) is 0.614. The van der Waals surface area contributed by atoms with Gasteiger partial charge in [0, 0.05) is 12.5 Å². The summed E-state index contributed by atoms with van der Waals surface area (Å²) in [6, 6.07) is 5.34. The van der Waals surface area contributed by atoms with E-state index in [4.69, 9.17) is 9.47 Å². The maximum Gasteiger partial charge on any atom is 1.00 e. The molecule has 22 heavy (non-hydrogen) atoms. The molecule has 0 aliphatic carbocycles. The van der Waals surface area contributed by atoms with Gasteiger partial charge in [0.15, 0.2) is 5.78 Å². The summed E-state index contributed by atoms with van der Waals surface area (Å²) in [5.74, 6) is 1.99. The first-order valence-electron chi connectivity index (χ1n) is 7.28. The molecule has 1 aromatic carbocycles. The van der Waals surface area contributed by atoms with Gasteiger partial charge in [-0.1, -0.05) is 20.8 Å². The maximum absolute atomic E-state index is 12.6. The van der Waals surface area contributed by atoms with Gasteiger partial charge in [0.1, 0.15) is 11.5 Å². The Balaban J connectivity index is 0. The van der Waals surface area contributed by atoms with Crippen LogP contribution in [0.2, 0.25) is 0 Å². The monoisotopic (exact) mass is 318 g/mol. The fourth-order valence-electron chi connectivity index (χ4n) is 2.66. The van der Waals surface area contributed by atoms with Gasteiger partial charge in [-0.15, -0.1) is 9.24 Å². The molecule has 0 aromatic heterocycles. The summed E-state index contributed by atoms with van der Waals surface area (Å²) in [4.78, 5) is 12.6. The molecule has 120 valence electrons. The number of ketones is 1. The van der Waals surface area contributed by atoms with Crippen LogP contribution in [0.5, 0.6) is 11.5 Å². The molecule has 0 fully saturated rings. The van der Waals surface area contributed by atoms with Gasteiger partial charge >= 0.3 is 18.9 Å². The van der Waals surface area contributed by atoms with Crippen molar-refractivity contribution >= 4 is 15.0 Å². The first kappa shape index (κ1) is 21.5. The van der Waals surface area contributed by atoms with Crippen LogP contribution in [0.3, 0.4) is 0 Å². The van der Waals surface area contributed by atoms with Crippen molar-refractivity contribution in [1.82, 2.24) is 0 Å². The molecule has 0 bridgehead atoms. The zero-order valence-corrected chi connectivity index (χ0v) is 15.9. The topological polar surface area (TPSA) is 35.5 Å². The molecule has 0 saturated carbocycles. The minimum atomic E-state index is -0.0159. The van der Waals surface area contributed by atoms with E-state index in [2.05, 4.69) is 30.0 Å². The van der Waals surface area contributed by atoms with Gasteiger partial charge in [-0.05, 0) is 36.0 Å². The Kier molecular flexibility index (Phi) is 9.40. The van der Waals surface area contributed by atoms with E-state index in [-0.39, 0.29) is 31.5 Å². The Labute approximate surface area is 150 Å². The summed E-state index contributed by atoms with van der Waals surface area (Å²) in [6.45, 7) is 6.52. The van der Waals surface area contributed by atoms with Gasteiger partial charge in [0.05, 0.1) is 19.8 Å². The normalized spacial score (nSPS) is 12.3. The van der Waals surface area contributed by atoms with Gasteiger partial charge < -0.3 is 10.9 Å². The number of hydrogen-bond donors (Lipinski definition) is 0. The van der Waals surface area contributed by atoms with Gasteiger partial charge in [0.2, 0.25) is 0 Å². The third kappa shape index (κ3) is 6.33. The smallest absolute Gasteiger partial charge is 1.00 e. The molecule has 0 saturated heterocycles. The van der Waals surface area contributed by atoms with Crippen LogP contribution in [-0.2, 0) is 0 Å². The molecule has 0 spiro atoms. The van der Waals surface area contributed by atoms with Crippen molar-refractivity contribution in [3.63, 3.8) is 0 Å². The van der Waals surface area contributed by atoms with Crippen molar-refractivity contribution < 1.29 is 34.6 Å². The first-order valence-corrected chi connectivity index (χ1v) is 8.10. The molecule has 0 radical (unpaired) electrons. The van der Waals surface area contributed by atoms with E-state index in [0.29, 0.717) is 29.4 Å². The van der Waals surface area contributed by atoms with Gasteiger partial charge in [-0.3, -0.25) is 4.79 Å². The molecular formula is C17H28LiO3P. The molecule has 2 atom stereocenters. The number of benzene rings is 1. The van der Waals surface area contributed by atoms with Gasteiger partial charge in [-0.25, -0.2) is 0 Å². The Morgan fingerprint density at radius 3 is 2.45 bits per heavy atom. The summed E-state index contributed by atoms with van der Waals surface area (Å²) in [7, 11) is 5.95. The molecule has 0 aliphatic rings. The van der Waals surface area contributed by atoms with Gasteiger partial charge in [-0.2, -0.15) is 0 Å². The molecule has 2 unspecified atom stereocenters. The number of ether oxygens (including phenoxy) is 2. The molecule has 5 heteroatoms. The van der Waals surface area contributed by atoms with E-state index in [0.717, 1.165) is 12.6 Å². The maximum atomic E-state index is 12.6. The summed E-state index contributed by atoms with van der Waals surface area (Å²) in [5, 5.41) is 0. The second-order valence-corrected chi connectivity index (χ2v) is 6.85. The third-order valence-electron chi connectivity index (χ3n) is 3.65. The predicted octanol–water partition coefficient (Wildman–Crippen LogP) is 1.32. The van der Waals surface area contributed by atoms with Crippen LogP contribution in [0.15, 0.2) is 18.2 Å². The molecular weight excluding hydrogens is 290 g/mol. The van der Waals surface area contributed by atoms with Crippen LogP contribution < -0.4 is 28.3 Å². The Bertz CT molecular complexity index is 495. The van der Waals surface area contributed by atoms with E-state index in [1.165, 1.54) is 0 Å². The van der Waals surface area contributed by atoms with E-state index >= 15 is 0 Å². The number of carbonyl (C=O) groups excluding carboxylic acids is 1. The molecule has 1 rings (SSSR count). The van der Waals surface area contributed by atoms with Gasteiger partial charge in [0.25, 0.3) is 0 Å². The van der Waals surface area contributed by atoms with Crippen molar-refractivity contribution in [1.29, 1.82) is 0 Å².